The van der Waals surface area contributed by atoms with E-state index in [0.717, 1.165) is 55.7 Å². The molecule has 2 aromatic rings. The zero-order valence-electron chi connectivity index (χ0n) is 22.4. The molecule has 2 aromatic heterocycles. The lowest BCUT2D eigenvalue weighted by molar-refractivity contribution is -0.120. The van der Waals surface area contributed by atoms with Gasteiger partial charge in [0.2, 0.25) is 11.8 Å². The second kappa shape index (κ2) is 11.2. The molecule has 4 rings (SSSR count). The zero-order valence-corrected chi connectivity index (χ0v) is 23.2. The van der Waals surface area contributed by atoms with Gasteiger partial charge in [-0.2, -0.15) is 0 Å². The number of ether oxygens (including phenoxy) is 1. The molecule has 1 aliphatic carbocycles. The number of carbonyl (C=O) groups excluding carboxylic acids is 1. The van der Waals surface area contributed by atoms with Gasteiger partial charge < -0.3 is 20.5 Å². The van der Waals surface area contributed by atoms with Gasteiger partial charge in [-0.15, -0.1) is 11.3 Å². The summed E-state index contributed by atoms with van der Waals surface area (Å²) in [6, 6.07) is 1.86. The number of hydrogen-bond acceptors (Lipinski definition) is 7. The van der Waals surface area contributed by atoms with Gasteiger partial charge in [-0.25, -0.2) is 9.97 Å². The standard InChI is InChI=1S/C28H42N4O3S/c1-6-8-25-22(31-17-36-25)12-21(32-18(2)33)24(34)16-29-23-14-28(9-7-10-28)35-26-20(23)11-19(15-30-26)13-27(3,4)5/h11,15,17,21,23-24,29,34H,6-10,12-14,16H2,1-5H3,(H,32,33)/t21-,23-,24+/m0/s1. The van der Waals surface area contributed by atoms with Crippen LogP contribution in [0, 0.1) is 5.41 Å². The molecule has 1 fully saturated rings. The summed E-state index contributed by atoms with van der Waals surface area (Å²) in [5.74, 6) is 0.572. The minimum atomic E-state index is -0.751. The molecule has 3 heterocycles. The number of carbonyl (C=O) groups is 1. The van der Waals surface area contributed by atoms with Crippen LogP contribution in [0.5, 0.6) is 5.88 Å². The summed E-state index contributed by atoms with van der Waals surface area (Å²) in [6.45, 7) is 10.7. The van der Waals surface area contributed by atoms with Crippen LogP contribution in [0.25, 0.3) is 0 Å². The van der Waals surface area contributed by atoms with E-state index in [1.165, 1.54) is 23.8 Å². The lowest BCUT2D eigenvalue weighted by Gasteiger charge is -2.47. The molecule has 1 amide bonds. The molecule has 2 aliphatic rings. The van der Waals surface area contributed by atoms with Gasteiger partial charge in [-0.05, 0) is 49.1 Å². The smallest absolute Gasteiger partial charge is 0.218 e. The van der Waals surface area contributed by atoms with E-state index < -0.39 is 12.1 Å². The predicted octanol–water partition coefficient (Wildman–Crippen LogP) is 4.52. The number of nitrogens with one attached hydrogen (secondary N) is 2. The van der Waals surface area contributed by atoms with Crippen LogP contribution in [0.1, 0.15) is 94.5 Å². The number of pyridine rings is 1. The quantitative estimate of drug-likeness (QED) is 0.431. The molecule has 7 nitrogen and oxygen atoms in total. The summed E-state index contributed by atoms with van der Waals surface area (Å²) in [6.07, 6.45) is 8.78. The Labute approximate surface area is 219 Å². The van der Waals surface area contributed by atoms with E-state index in [9.17, 15) is 9.90 Å². The van der Waals surface area contributed by atoms with Crippen LogP contribution in [0.4, 0.5) is 0 Å². The fourth-order valence-corrected chi connectivity index (χ4v) is 6.30. The molecule has 1 spiro atoms. The van der Waals surface area contributed by atoms with Gasteiger partial charge >= 0.3 is 0 Å². The van der Waals surface area contributed by atoms with Gasteiger partial charge in [0.1, 0.15) is 5.60 Å². The molecule has 36 heavy (non-hydrogen) atoms. The number of amides is 1. The van der Waals surface area contributed by atoms with Gasteiger partial charge in [0.05, 0.1) is 23.4 Å². The average Bonchev–Trinajstić information content (AvgIpc) is 3.21. The Kier molecular flexibility index (Phi) is 8.37. The summed E-state index contributed by atoms with van der Waals surface area (Å²) >= 11 is 1.65. The minimum absolute atomic E-state index is 0.0454. The van der Waals surface area contributed by atoms with Crippen molar-refractivity contribution in [3.63, 3.8) is 0 Å². The van der Waals surface area contributed by atoms with Crippen molar-refractivity contribution in [3.05, 3.63) is 39.5 Å². The summed E-state index contributed by atoms with van der Waals surface area (Å²) < 4.78 is 6.41. The lowest BCUT2D eigenvalue weighted by Crippen LogP contribution is -2.52. The van der Waals surface area contributed by atoms with E-state index in [-0.39, 0.29) is 23.0 Å². The second-order valence-electron chi connectivity index (χ2n) is 11.8. The van der Waals surface area contributed by atoms with Crippen molar-refractivity contribution in [2.75, 3.05) is 6.54 Å². The third-order valence-electron chi connectivity index (χ3n) is 7.24. The van der Waals surface area contributed by atoms with Gasteiger partial charge in [0.25, 0.3) is 0 Å². The Morgan fingerprint density at radius 2 is 2.11 bits per heavy atom. The topological polar surface area (TPSA) is 96.4 Å². The monoisotopic (exact) mass is 514 g/mol. The molecule has 3 atom stereocenters. The third kappa shape index (κ3) is 6.64. The highest BCUT2D eigenvalue weighted by molar-refractivity contribution is 7.09. The molecular formula is C28H42N4O3S. The fraction of sp³-hybridized carbons (Fsp3) is 0.679. The van der Waals surface area contributed by atoms with Crippen molar-refractivity contribution in [2.45, 2.75) is 110 Å². The second-order valence-corrected chi connectivity index (χ2v) is 12.8. The van der Waals surface area contributed by atoms with Crippen LogP contribution >= 0.6 is 11.3 Å². The molecule has 0 unspecified atom stereocenters. The number of aliphatic hydroxyl groups excluding tert-OH is 1. The number of thiazole rings is 1. The molecule has 0 bridgehead atoms. The molecule has 0 saturated heterocycles. The van der Waals surface area contributed by atoms with Crippen molar-refractivity contribution >= 4 is 17.2 Å². The molecule has 0 aromatic carbocycles. The van der Waals surface area contributed by atoms with E-state index >= 15 is 0 Å². The predicted molar refractivity (Wildman–Crippen MR) is 143 cm³/mol. The van der Waals surface area contributed by atoms with Gasteiger partial charge in [-0.3, -0.25) is 4.79 Å². The lowest BCUT2D eigenvalue weighted by atomic mass is 9.73. The Hall–Kier alpha value is -2.03. The maximum Gasteiger partial charge on any atom is 0.218 e. The first-order chi connectivity index (χ1) is 17.1. The highest BCUT2D eigenvalue weighted by Crippen LogP contribution is 2.48. The molecular weight excluding hydrogens is 472 g/mol. The fourth-order valence-electron chi connectivity index (χ4n) is 5.40. The van der Waals surface area contributed by atoms with E-state index in [2.05, 4.69) is 49.4 Å². The van der Waals surface area contributed by atoms with Crippen molar-refractivity contribution in [1.29, 1.82) is 0 Å². The molecule has 0 radical (unpaired) electrons. The molecule has 1 aliphatic heterocycles. The average molecular weight is 515 g/mol. The summed E-state index contributed by atoms with van der Waals surface area (Å²) in [5.41, 5.74) is 5.11. The first-order valence-electron chi connectivity index (χ1n) is 13.3. The molecule has 198 valence electrons. The molecule has 3 N–H and O–H groups in total. The van der Waals surface area contributed by atoms with E-state index in [0.29, 0.717) is 13.0 Å². The van der Waals surface area contributed by atoms with Crippen molar-refractivity contribution in [1.82, 2.24) is 20.6 Å². The van der Waals surface area contributed by atoms with Crippen molar-refractivity contribution in [3.8, 4) is 5.88 Å². The Morgan fingerprint density at radius 1 is 1.33 bits per heavy atom. The van der Waals surface area contributed by atoms with E-state index in [1.54, 1.807) is 11.3 Å². The third-order valence-corrected chi connectivity index (χ3v) is 8.18. The van der Waals surface area contributed by atoms with Gasteiger partial charge in [0.15, 0.2) is 0 Å². The minimum Gasteiger partial charge on any atom is -0.471 e. The van der Waals surface area contributed by atoms with Gasteiger partial charge in [0, 0.05) is 49.0 Å². The summed E-state index contributed by atoms with van der Waals surface area (Å²) in [4.78, 5) is 22.4. The van der Waals surface area contributed by atoms with Crippen LogP contribution in [0.3, 0.4) is 0 Å². The normalized spacial score (nSPS) is 20.2. The first-order valence-corrected chi connectivity index (χ1v) is 14.2. The number of hydrogen-bond donors (Lipinski definition) is 3. The number of rotatable bonds is 10. The van der Waals surface area contributed by atoms with Crippen LogP contribution in [0.15, 0.2) is 17.8 Å². The number of fused-ring (bicyclic) bond motifs is 1. The summed E-state index contributed by atoms with van der Waals surface area (Å²) in [5, 5.41) is 17.8. The highest BCUT2D eigenvalue weighted by atomic mass is 32.1. The Balaban J connectivity index is 1.50. The number of aliphatic hydroxyl groups is 1. The molecule has 1 saturated carbocycles. The SMILES string of the molecule is CCCc1scnc1C[C@H](NC(C)=O)[C@H](O)CN[C@H]1CC2(CCC2)Oc2ncc(CC(C)(C)C)cc21. The van der Waals surface area contributed by atoms with Gasteiger partial charge in [-0.1, -0.05) is 34.1 Å². The zero-order chi connectivity index (χ0) is 25.9. The highest BCUT2D eigenvalue weighted by Gasteiger charge is 2.46. The number of nitrogens with zero attached hydrogens (tertiary/aromatic N) is 2. The van der Waals surface area contributed by atoms with E-state index in [1.807, 2.05) is 11.7 Å². The largest absolute Gasteiger partial charge is 0.471 e. The van der Waals surface area contributed by atoms with Crippen LogP contribution in [-0.4, -0.2) is 45.3 Å². The summed E-state index contributed by atoms with van der Waals surface area (Å²) in [7, 11) is 0. The Morgan fingerprint density at radius 3 is 2.75 bits per heavy atom. The van der Waals surface area contributed by atoms with Crippen LogP contribution in [0.2, 0.25) is 0 Å². The Bertz CT molecular complexity index is 1040. The van der Waals surface area contributed by atoms with Crippen LogP contribution in [-0.2, 0) is 24.1 Å². The van der Waals surface area contributed by atoms with Crippen LogP contribution < -0.4 is 15.4 Å². The van der Waals surface area contributed by atoms with E-state index in [4.69, 9.17) is 9.72 Å². The number of aryl methyl sites for hydroxylation is 1. The molecule has 8 heteroatoms. The maximum absolute atomic E-state index is 12.0. The van der Waals surface area contributed by atoms with Crippen molar-refractivity contribution in [2.24, 2.45) is 5.41 Å². The number of aromatic nitrogens is 2. The first kappa shape index (κ1) is 27.0. The van der Waals surface area contributed by atoms with Crippen molar-refractivity contribution < 1.29 is 14.6 Å². The maximum atomic E-state index is 12.0.